The standard InChI is InChI=1S/C21H20N2O5S/c1-12-8-13-6-4-5-7-15(13)23-20(12)29-11-19(24)22-16-10-18(28-3)17(27-2)9-14(16)21(25)26/h4-10H,11H2,1-3H3,(H,22,24)(H,25,26)/p-1. The van der Waals surface area contributed by atoms with E-state index < -0.39 is 5.97 Å². The Morgan fingerprint density at radius 2 is 1.79 bits per heavy atom. The molecule has 0 saturated heterocycles. The number of ether oxygens (including phenoxy) is 2. The van der Waals surface area contributed by atoms with Crippen molar-refractivity contribution in [2.75, 3.05) is 25.3 Å². The predicted octanol–water partition coefficient (Wildman–Crippen LogP) is 2.65. The molecule has 0 aliphatic carbocycles. The van der Waals surface area contributed by atoms with Gasteiger partial charge in [-0.2, -0.15) is 0 Å². The van der Waals surface area contributed by atoms with Crippen LogP contribution in [-0.4, -0.2) is 36.8 Å². The van der Waals surface area contributed by atoms with E-state index in [0.29, 0.717) is 5.75 Å². The SMILES string of the molecule is COc1cc(NC(=O)CSc2nc3ccccc3cc2C)c(C(=O)[O-])cc1OC. The second-order valence-corrected chi connectivity index (χ2v) is 7.14. The van der Waals surface area contributed by atoms with Gasteiger partial charge >= 0.3 is 0 Å². The predicted molar refractivity (Wildman–Crippen MR) is 110 cm³/mol. The maximum Gasteiger partial charge on any atom is 0.234 e. The van der Waals surface area contributed by atoms with E-state index in [1.54, 1.807) is 0 Å². The number of nitrogens with zero attached hydrogens (tertiary/aromatic N) is 1. The highest BCUT2D eigenvalue weighted by atomic mass is 32.2. The number of hydrogen-bond acceptors (Lipinski definition) is 7. The lowest BCUT2D eigenvalue weighted by molar-refractivity contribution is -0.254. The Kier molecular flexibility index (Phi) is 6.23. The molecule has 1 aromatic heterocycles. The molecule has 0 spiro atoms. The number of thioether (sulfide) groups is 1. The maximum atomic E-state index is 12.4. The Morgan fingerprint density at radius 1 is 1.10 bits per heavy atom. The van der Waals surface area contributed by atoms with E-state index in [9.17, 15) is 14.7 Å². The highest BCUT2D eigenvalue weighted by Gasteiger charge is 2.15. The van der Waals surface area contributed by atoms with E-state index in [-0.39, 0.29) is 28.7 Å². The Morgan fingerprint density at radius 3 is 2.48 bits per heavy atom. The summed E-state index contributed by atoms with van der Waals surface area (Å²) < 4.78 is 10.3. The van der Waals surface area contributed by atoms with Crippen molar-refractivity contribution in [1.82, 2.24) is 4.98 Å². The first-order valence-corrected chi connectivity index (χ1v) is 9.68. The molecule has 7 nitrogen and oxygen atoms in total. The minimum Gasteiger partial charge on any atom is -0.545 e. The lowest BCUT2D eigenvalue weighted by Crippen LogP contribution is -2.25. The molecule has 0 fully saturated rings. The molecular formula is C21H19N2O5S-. The normalized spacial score (nSPS) is 10.6. The number of para-hydroxylation sites is 1. The third kappa shape index (κ3) is 4.60. The van der Waals surface area contributed by atoms with Gasteiger partial charge in [0.1, 0.15) is 5.03 Å². The minimum atomic E-state index is -1.43. The smallest absolute Gasteiger partial charge is 0.234 e. The van der Waals surface area contributed by atoms with Crippen molar-refractivity contribution in [3.63, 3.8) is 0 Å². The van der Waals surface area contributed by atoms with Crippen LogP contribution in [0.2, 0.25) is 0 Å². The number of methoxy groups -OCH3 is 2. The number of benzene rings is 2. The molecule has 0 unspecified atom stereocenters. The topological polar surface area (TPSA) is 101 Å². The van der Waals surface area contributed by atoms with Gasteiger partial charge in [-0.3, -0.25) is 4.79 Å². The van der Waals surface area contributed by atoms with E-state index in [1.165, 1.54) is 38.1 Å². The van der Waals surface area contributed by atoms with Gasteiger partial charge in [-0.15, -0.1) is 0 Å². The third-order valence-corrected chi connectivity index (χ3v) is 5.32. The summed E-state index contributed by atoms with van der Waals surface area (Å²) in [6.45, 7) is 1.93. The van der Waals surface area contributed by atoms with E-state index >= 15 is 0 Å². The first-order valence-electron chi connectivity index (χ1n) is 8.69. The zero-order chi connectivity index (χ0) is 21.0. The number of fused-ring (bicyclic) bond motifs is 1. The third-order valence-electron chi connectivity index (χ3n) is 4.23. The number of carboxylic acid groups (broad SMARTS) is 1. The number of aryl methyl sites for hydroxylation is 1. The van der Waals surface area contributed by atoms with Crippen LogP contribution < -0.4 is 19.9 Å². The number of nitrogens with one attached hydrogen (secondary N) is 1. The molecule has 1 N–H and O–H groups in total. The fourth-order valence-corrected chi connectivity index (χ4v) is 3.61. The molecule has 1 heterocycles. The summed E-state index contributed by atoms with van der Waals surface area (Å²) >= 11 is 1.28. The highest BCUT2D eigenvalue weighted by molar-refractivity contribution is 8.00. The lowest BCUT2D eigenvalue weighted by Gasteiger charge is -2.16. The largest absolute Gasteiger partial charge is 0.545 e. The van der Waals surface area contributed by atoms with Crippen molar-refractivity contribution in [2.24, 2.45) is 0 Å². The zero-order valence-electron chi connectivity index (χ0n) is 16.1. The van der Waals surface area contributed by atoms with Crippen molar-refractivity contribution >= 4 is 40.2 Å². The Labute approximate surface area is 172 Å². The lowest BCUT2D eigenvalue weighted by atomic mass is 10.1. The van der Waals surface area contributed by atoms with Crippen LogP contribution in [0.3, 0.4) is 0 Å². The fourth-order valence-electron chi connectivity index (χ4n) is 2.82. The molecule has 29 heavy (non-hydrogen) atoms. The van der Waals surface area contributed by atoms with Gasteiger partial charge in [0.15, 0.2) is 11.5 Å². The number of hydrogen-bond donors (Lipinski definition) is 1. The number of anilines is 1. The van der Waals surface area contributed by atoms with Gasteiger partial charge in [-0.25, -0.2) is 4.98 Å². The van der Waals surface area contributed by atoms with Gasteiger partial charge in [-0.05, 0) is 30.7 Å². The maximum absolute atomic E-state index is 12.4. The molecule has 0 bridgehead atoms. The average Bonchev–Trinajstić information content (AvgIpc) is 2.71. The first-order chi connectivity index (χ1) is 13.9. The van der Waals surface area contributed by atoms with Gasteiger partial charge in [0, 0.05) is 17.0 Å². The summed E-state index contributed by atoms with van der Waals surface area (Å²) in [7, 11) is 2.82. The number of rotatable bonds is 7. The molecule has 0 atom stereocenters. The van der Waals surface area contributed by atoms with Crippen LogP contribution >= 0.6 is 11.8 Å². The van der Waals surface area contributed by atoms with Crippen LogP contribution in [0, 0.1) is 6.92 Å². The van der Waals surface area contributed by atoms with Crippen molar-refractivity contribution < 1.29 is 24.2 Å². The molecule has 0 radical (unpaired) electrons. The zero-order valence-corrected chi connectivity index (χ0v) is 17.0. The number of pyridine rings is 1. The van der Waals surface area contributed by atoms with Gasteiger partial charge in [0.2, 0.25) is 5.91 Å². The van der Waals surface area contributed by atoms with Crippen molar-refractivity contribution in [1.29, 1.82) is 0 Å². The first kappa shape index (κ1) is 20.5. The summed E-state index contributed by atoms with van der Waals surface area (Å²) in [5, 5.41) is 15.8. The summed E-state index contributed by atoms with van der Waals surface area (Å²) in [4.78, 5) is 28.5. The molecule has 0 aliphatic rings. The van der Waals surface area contributed by atoms with E-state index in [1.807, 2.05) is 37.3 Å². The number of carbonyl (C=O) groups excluding carboxylic acids is 2. The average molecular weight is 411 g/mol. The molecule has 2 aromatic carbocycles. The van der Waals surface area contributed by atoms with Crippen LogP contribution in [0.25, 0.3) is 10.9 Å². The van der Waals surface area contributed by atoms with Gasteiger partial charge in [0.05, 0.1) is 37.1 Å². The molecular weight excluding hydrogens is 392 g/mol. The Bertz CT molecular complexity index is 1080. The number of amides is 1. The summed E-state index contributed by atoms with van der Waals surface area (Å²) in [6.07, 6.45) is 0. The van der Waals surface area contributed by atoms with Crippen LogP contribution in [0.1, 0.15) is 15.9 Å². The minimum absolute atomic E-state index is 0.0625. The van der Waals surface area contributed by atoms with Gasteiger partial charge < -0.3 is 24.7 Å². The molecule has 3 aromatic rings. The summed E-state index contributed by atoms with van der Waals surface area (Å²) in [5.74, 6) is -1.21. The van der Waals surface area contributed by atoms with Crippen LogP contribution in [0.15, 0.2) is 47.5 Å². The summed E-state index contributed by atoms with van der Waals surface area (Å²) in [6, 6.07) is 12.4. The second-order valence-electron chi connectivity index (χ2n) is 6.18. The monoisotopic (exact) mass is 411 g/mol. The molecule has 3 rings (SSSR count). The van der Waals surface area contributed by atoms with Crippen LogP contribution in [0.5, 0.6) is 11.5 Å². The highest BCUT2D eigenvalue weighted by Crippen LogP contribution is 2.33. The van der Waals surface area contributed by atoms with Crippen molar-refractivity contribution in [3.05, 3.63) is 53.6 Å². The molecule has 1 amide bonds. The molecule has 150 valence electrons. The van der Waals surface area contributed by atoms with Crippen molar-refractivity contribution in [3.8, 4) is 11.5 Å². The fraction of sp³-hybridized carbons (Fsp3) is 0.190. The second kappa shape index (κ2) is 8.83. The number of aromatic carboxylic acids is 1. The van der Waals surface area contributed by atoms with Crippen LogP contribution in [0.4, 0.5) is 5.69 Å². The quantitative estimate of drug-likeness (QED) is 0.597. The van der Waals surface area contributed by atoms with E-state index in [4.69, 9.17) is 9.47 Å². The van der Waals surface area contributed by atoms with E-state index in [0.717, 1.165) is 21.5 Å². The van der Waals surface area contributed by atoms with Crippen molar-refractivity contribution in [2.45, 2.75) is 11.9 Å². The van der Waals surface area contributed by atoms with Gasteiger partial charge in [-0.1, -0.05) is 30.0 Å². The van der Waals surface area contributed by atoms with Crippen LogP contribution in [-0.2, 0) is 4.79 Å². The molecule has 0 aliphatic heterocycles. The number of carbonyl (C=O) groups is 2. The number of aromatic nitrogens is 1. The summed E-state index contributed by atoms with van der Waals surface area (Å²) in [5.41, 5.74) is 1.70. The Hall–Kier alpha value is -3.26. The molecule has 0 saturated carbocycles. The Balaban J connectivity index is 1.77. The number of carboxylic acids is 1. The van der Waals surface area contributed by atoms with Gasteiger partial charge in [0.25, 0.3) is 0 Å². The van der Waals surface area contributed by atoms with E-state index in [2.05, 4.69) is 10.3 Å². The molecule has 8 heteroatoms.